The van der Waals surface area contributed by atoms with E-state index in [2.05, 4.69) is 10.2 Å². The lowest BCUT2D eigenvalue weighted by Crippen LogP contribution is -2.40. The van der Waals surface area contributed by atoms with Crippen molar-refractivity contribution in [2.75, 3.05) is 39.4 Å². The zero-order valence-electron chi connectivity index (χ0n) is 16.7. The number of nitrogens with one attached hydrogen (secondary N) is 1. The van der Waals surface area contributed by atoms with Crippen LogP contribution in [0.1, 0.15) is 24.5 Å². The fraction of sp³-hybridized carbons (Fsp3) is 0.524. The Morgan fingerprint density at radius 2 is 2.00 bits per heavy atom. The first-order chi connectivity index (χ1) is 13.4. The summed E-state index contributed by atoms with van der Waals surface area (Å²) in [6.07, 6.45) is 0.232. The van der Waals surface area contributed by atoms with Gasteiger partial charge in [0, 0.05) is 25.7 Å². The van der Waals surface area contributed by atoms with Crippen LogP contribution in [0.5, 0.6) is 5.75 Å². The molecule has 1 aliphatic rings. The van der Waals surface area contributed by atoms with Gasteiger partial charge in [-0.15, -0.1) is 0 Å². The summed E-state index contributed by atoms with van der Waals surface area (Å²) in [6.45, 7) is 10.4. The average molecular weight is 388 g/mol. The van der Waals surface area contributed by atoms with Crippen molar-refractivity contribution in [1.82, 2.24) is 10.2 Å². The molecule has 0 saturated carbocycles. The fourth-order valence-corrected chi connectivity index (χ4v) is 3.40. The number of hydrogen-bond acceptors (Lipinski definition) is 6. The van der Waals surface area contributed by atoms with Gasteiger partial charge in [0.1, 0.15) is 11.3 Å². The molecule has 0 unspecified atom stereocenters. The maximum absolute atomic E-state index is 12.4. The van der Waals surface area contributed by atoms with Gasteiger partial charge in [0.2, 0.25) is 0 Å². The van der Waals surface area contributed by atoms with Crippen LogP contribution in [0.2, 0.25) is 0 Å². The first-order valence-electron chi connectivity index (χ1n) is 9.73. The molecule has 0 radical (unpaired) electrons. The maximum Gasteiger partial charge on any atom is 0.336 e. The van der Waals surface area contributed by atoms with Crippen LogP contribution in [0.3, 0.4) is 0 Å². The first kappa shape index (κ1) is 20.4. The number of nitrogens with zero attached hydrogens (tertiary/aromatic N) is 1. The number of carbonyl (C=O) groups excluding carboxylic acids is 1. The number of fused-ring (bicyclic) bond motifs is 1. The van der Waals surface area contributed by atoms with E-state index in [1.807, 2.05) is 19.9 Å². The minimum absolute atomic E-state index is 0.160. The van der Waals surface area contributed by atoms with E-state index in [9.17, 15) is 9.59 Å². The number of ether oxygens (including phenoxy) is 2. The summed E-state index contributed by atoms with van der Waals surface area (Å²) >= 11 is 0. The Morgan fingerprint density at radius 1 is 1.25 bits per heavy atom. The molecule has 7 nitrogen and oxygen atoms in total. The van der Waals surface area contributed by atoms with Gasteiger partial charge in [-0.25, -0.2) is 4.79 Å². The molecule has 3 rings (SSSR count). The second-order valence-electron chi connectivity index (χ2n) is 7.24. The molecule has 1 saturated heterocycles. The highest BCUT2D eigenvalue weighted by Gasteiger charge is 2.18. The smallest absolute Gasteiger partial charge is 0.336 e. The van der Waals surface area contributed by atoms with E-state index in [1.165, 1.54) is 6.07 Å². The van der Waals surface area contributed by atoms with E-state index < -0.39 is 11.7 Å². The van der Waals surface area contributed by atoms with Crippen LogP contribution in [-0.4, -0.2) is 56.3 Å². The average Bonchev–Trinajstić information content (AvgIpc) is 2.64. The fourth-order valence-electron chi connectivity index (χ4n) is 3.40. The quantitative estimate of drug-likeness (QED) is 0.577. The summed E-state index contributed by atoms with van der Waals surface area (Å²) in [4.78, 5) is 26.4. The van der Waals surface area contributed by atoms with Crippen molar-refractivity contribution in [2.45, 2.75) is 33.3 Å². The number of hydrogen-bond donors (Lipinski definition) is 1. The van der Waals surface area contributed by atoms with Crippen molar-refractivity contribution >= 4 is 16.9 Å². The van der Waals surface area contributed by atoms with Gasteiger partial charge in [-0.2, -0.15) is 0 Å². The van der Waals surface area contributed by atoms with Gasteiger partial charge >= 0.3 is 5.63 Å². The summed E-state index contributed by atoms with van der Waals surface area (Å²) in [7, 11) is 0. The van der Waals surface area contributed by atoms with Crippen LogP contribution < -0.4 is 15.7 Å². The largest absolute Gasteiger partial charge is 0.480 e. The predicted octanol–water partition coefficient (Wildman–Crippen LogP) is 2.02. The van der Waals surface area contributed by atoms with Gasteiger partial charge in [0.15, 0.2) is 6.10 Å². The zero-order chi connectivity index (χ0) is 20.1. The molecular formula is C21H28N2O5. The highest BCUT2D eigenvalue weighted by atomic mass is 16.5. The lowest BCUT2D eigenvalue weighted by Gasteiger charge is -2.26. The summed E-state index contributed by atoms with van der Waals surface area (Å²) in [5, 5.41) is 3.65. The van der Waals surface area contributed by atoms with Crippen LogP contribution in [0.25, 0.3) is 11.0 Å². The van der Waals surface area contributed by atoms with Crippen LogP contribution in [-0.2, 0) is 9.53 Å². The van der Waals surface area contributed by atoms with Crippen LogP contribution >= 0.6 is 0 Å². The van der Waals surface area contributed by atoms with Crippen LogP contribution in [0, 0.1) is 13.8 Å². The topological polar surface area (TPSA) is 81.0 Å². The van der Waals surface area contributed by atoms with E-state index in [0.717, 1.165) is 55.8 Å². The standard InChI is InChI=1S/C21H28N2O5/c1-14-11-17(20-15(2)13-19(24)28-18(20)12-14)27-16(3)21(25)22-5-4-6-23-7-9-26-10-8-23/h11-13,16H,4-10H2,1-3H3,(H,22,25)/t16-/m0/s1. The molecule has 2 heterocycles. The van der Waals surface area contributed by atoms with Crippen molar-refractivity contribution in [3.8, 4) is 5.75 Å². The summed E-state index contributed by atoms with van der Waals surface area (Å²) in [5.41, 5.74) is 1.74. The minimum atomic E-state index is -0.653. The first-order valence-corrected chi connectivity index (χ1v) is 9.73. The maximum atomic E-state index is 12.4. The predicted molar refractivity (Wildman–Crippen MR) is 107 cm³/mol. The van der Waals surface area contributed by atoms with Gasteiger partial charge in [-0.05, 0) is 57.0 Å². The normalized spacial score (nSPS) is 16.1. The molecule has 0 bridgehead atoms. The SMILES string of the molecule is Cc1cc(O[C@@H](C)C(=O)NCCCN2CCOCC2)c2c(C)cc(=O)oc2c1. The lowest BCUT2D eigenvalue weighted by molar-refractivity contribution is -0.127. The zero-order valence-corrected chi connectivity index (χ0v) is 16.7. The van der Waals surface area contributed by atoms with Crippen molar-refractivity contribution in [3.05, 3.63) is 39.7 Å². The highest BCUT2D eigenvalue weighted by Crippen LogP contribution is 2.30. The van der Waals surface area contributed by atoms with E-state index in [4.69, 9.17) is 13.9 Å². The molecule has 7 heteroatoms. The van der Waals surface area contributed by atoms with Crippen LogP contribution in [0.4, 0.5) is 0 Å². The summed E-state index contributed by atoms with van der Waals surface area (Å²) < 4.78 is 16.6. The third-order valence-corrected chi connectivity index (χ3v) is 4.88. The molecule has 1 aromatic carbocycles. The molecule has 1 N–H and O–H groups in total. The molecule has 0 spiro atoms. The van der Waals surface area contributed by atoms with E-state index in [1.54, 1.807) is 13.0 Å². The molecule has 152 valence electrons. The number of rotatable bonds is 7. The van der Waals surface area contributed by atoms with Gasteiger partial charge in [0.25, 0.3) is 5.91 Å². The third-order valence-electron chi connectivity index (χ3n) is 4.88. The molecule has 2 aromatic rings. The molecule has 0 aliphatic carbocycles. The minimum Gasteiger partial charge on any atom is -0.480 e. The number of benzene rings is 1. The Hall–Kier alpha value is -2.38. The van der Waals surface area contributed by atoms with E-state index in [-0.39, 0.29) is 5.91 Å². The molecular weight excluding hydrogens is 360 g/mol. The highest BCUT2D eigenvalue weighted by molar-refractivity contribution is 5.88. The molecule has 1 fully saturated rings. The second kappa shape index (κ2) is 9.21. The Labute approximate surface area is 164 Å². The van der Waals surface area contributed by atoms with E-state index >= 15 is 0 Å². The van der Waals surface area contributed by atoms with Crippen molar-refractivity contribution < 1.29 is 18.7 Å². The Morgan fingerprint density at radius 3 is 2.75 bits per heavy atom. The Bertz CT molecular complexity index is 886. The Balaban J connectivity index is 1.58. The summed E-state index contributed by atoms with van der Waals surface area (Å²) in [5.74, 6) is 0.388. The van der Waals surface area contributed by atoms with Crippen molar-refractivity contribution in [3.63, 3.8) is 0 Å². The monoisotopic (exact) mass is 388 g/mol. The molecule has 1 amide bonds. The Kier molecular flexibility index (Phi) is 6.70. The number of amides is 1. The number of carbonyl (C=O) groups is 1. The van der Waals surface area contributed by atoms with Gasteiger partial charge in [-0.3, -0.25) is 9.69 Å². The molecule has 1 aromatic heterocycles. The molecule has 28 heavy (non-hydrogen) atoms. The third kappa shape index (κ3) is 5.11. The van der Waals surface area contributed by atoms with Gasteiger partial charge in [0.05, 0.1) is 18.6 Å². The second-order valence-corrected chi connectivity index (χ2v) is 7.24. The van der Waals surface area contributed by atoms with E-state index in [0.29, 0.717) is 17.9 Å². The van der Waals surface area contributed by atoms with Gasteiger partial charge < -0.3 is 19.2 Å². The molecule has 1 aliphatic heterocycles. The van der Waals surface area contributed by atoms with Gasteiger partial charge in [-0.1, -0.05) is 0 Å². The lowest BCUT2D eigenvalue weighted by atomic mass is 10.1. The molecule has 1 atom stereocenters. The van der Waals surface area contributed by atoms with Crippen LogP contribution in [0.15, 0.2) is 27.4 Å². The number of morpholine rings is 1. The van der Waals surface area contributed by atoms with Crippen molar-refractivity contribution in [2.24, 2.45) is 0 Å². The number of aryl methyl sites for hydroxylation is 2. The van der Waals surface area contributed by atoms with Crippen molar-refractivity contribution in [1.29, 1.82) is 0 Å². The summed E-state index contributed by atoms with van der Waals surface area (Å²) in [6, 6.07) is 5.09.